The highest BCUT2D eigenvalue weighted by Crippen LogP contribution is 2.37. The molecule has 5 nitrogen and oxygen atoms in total. The number of halogens is 1. The average molecular weight is 320 g/mol. The van der Waals surface area contributed by atoms with Crippen LogP contribution in [0.25, 0.3) is 22.1 Å². The van der Waals surface area contributed by atoms with Crippen molar-refractivity contribution in [1.29, 1.82) is 0 Å². The second-order valence-corrected chi connectivity index (χ2v) is 5.79. The molecule has 0 spiro atoms. The molecule has 0 saturated heterocycles. The Balaban J connectivity index is 2.11. The van der Waals surface area contributed by atoms with Gasteiger partial charge < -0.3 is 13.6 Å². The average Bonchev–Trinajstić information content (AvgIpc) is 2.94. The third kappa shape index (κ3) is 1.92. The molecule has 2 aromatic heterocycles. The maximum absolute atomic E-state index is 12.2. The number of rotatable bonds is 2. The van der Waals surface area contributed by atoms with Crippen LogP contribution in [0.1, 0.15) is 30.9 Å². The van der Waals surface area contributed by atoms with Gasteiger partial charge >= 0.3 is 11.7 Å². The van der Waals surface area contributed by atoms with E-state index >= 15 is 0 Å². The van der Waals surface area contributed by atoms with Gasteiger partial charge in [-0.25, -0.2) is 4.79 Å². The van der Waals surface area contributed by atoms with E-state index in [2.05, 4.69) is 4.98 Å². The van der Waals surface area contributed by atoms with Crippen molar-refractivity contribution >= 4 is 33.7 Å². The number of nitrogens with zero attached hydrogens (tertiary/aromatic N) is 1. The van der Waals surface area contributed by atoms with Crippen molar-refractivity contribution in [3.63, 3.8) is 0 Å². The fourth-order valence-electron chi connectivity index (χ4n) is 3.10. The molecular weight excluding hydrogens is 306 g/mol. The van der Waals surface area contributed by atoms with Crippen LogP contribution in [0.5, 0.6) is 6.08 Å². The van der Waals surface area contributed by atoms with Crippen LogP contribution in [-0.4, -0.2) is 11.6 Å². The molecule has 0 saturated carbocycles. The van der Waals surface area contributed by atoms with Gasteiger partial charge in [0.2, 0.25) is 0 Å². The Morgan fingerprint density at radius 1 is 1.23 bits per heavy atom. The zero-order valence-electron chi connectivity index (χ0n) is 12.1. The molecule has 0 aliphatic heterocycles. The highest BCUT2D eigenvalue weighted by molar-refractivity contribution is 6.36. The van der Waals surface area contributed by atoms with Gasteiger partial charge in [-0.05, 0) is 44.2 Å². The Kier molecular flexibility index (Phi) is 3.11. The van der Waals surface area contributed by atoms with Gasteiger partial charge in [-0.1, -0.05) is 11.6 Å². The Hall–Kier alpha value is -2.01. The van der Waals surface area contributed by atoms with Crippen molar-refractivity contribution in [3.8, 4) is 6.08 Å². The minimum Gasteiger partial charge on any atom is -0.450 e. The van der Waals surface area contributed by atoms with Crippen molar-refractivity contribution in [2.75, 3.05) is 6.61 Å². The first-order valence-corrected chi connectivity index (χ1v) is 7.77. The molecule has 1 aromatic carbocycles. The molecule has 22 heavy (non-hydrogen) atoms. The van der Waals surface area contributed by atoms with Gasteiger partial charge in [0, 0.05) is 10.9 Å². The Bertz CT molecular complexity index is 941. The van der Waals surface area contributed by atoms with Gasteiger partial charge in [-0.15, -0.1) is 0 Å². The summed E-state index contributed by atoms with van der Waals surface area (Å²) in [6, 6.07) is 1.80. The zero-order chi connectivity index (χ0) is 15.3. The Morgan fingerprint density at radius 3 is 2.77 bits per heavy atom. The summed E-state index contributed by atoms with van der Waals surface area (Å²) < 4.78 is 16.3. The summed E-state index contributed by atoms with van der Waals surface area (Å²) in [5.74, 6) is 0. The van der Waals surface area contributed by atoms with Crippen molar-refractivity contribution in [2.24, 2.45) is 0 Å². The standard InChI is InChI=1S/C16H14ClNO4/c1-2-20-16-18-12-13-10(7-11(17)14(12)22-16)8-5-3-4-6-9(8)15(19)21-13/h7H,2-6H2,1H3. The fourth-order valence-corrected chi connectivity index (χ4v) is 3.33. The van der Waals surface area contributed by atoms with Crippen LogP contribution in [0, 0.1) is 0 Å². The van der Waals surface area contributed by atoms with Crippen LogP contribution >= 0.6 is 11.6 Å². The number of benzene rings is 1. The number of hydrogen-bond donors (Lipinski definition) is 0. The number of aryl methyl sites for hydroxylation is 1. The second-order valence-electron chi connectivity index (χ2n) is 5.38. The van der Waals surface area contributed by atoms with Crippen LogP contribution in [0.3, 0.4) is 0 Å². The molecule has 0 radical (unpaired) electrons. The van der Waals surface area contributed by atoms with Crippen LogP contribution in [0.2, 0.25) is 5.02 Å². The predicted octanol–water partition coefficient (Wildman–Crippen LogP) is 3.87. The first kappa shape index (κ1) is 13.6. The maximum Gasteiger partial charge on any atom is 0.394 e. The summed E-state index contributed by atoms with van der Waals surface area (Å²) >= 11 is 6.32. The summed E-state index contributed by atoms with van der Waals surface area (Å²) in [5.41, 5.74) is 2.77. The van der Waals surface area contributed by atoms with Crippen molar-refractivity contribution < 1.29 is 13.6 Å². The topological polar surface area (TPSA) is 65.5 Å². The number of ether oxygens (including phenoxy) is 1. The van der Waals surface area contributed by atoms with E-state index in [0.717, 1.165) is 42.2 Å². The predicted molar refractivity (Wildman–Crippen MR) is 82.9 cm³/mol. The smallest absolute Gasteiger partial charge is 0.394 e. The monoisotopic (exact) mass is 319 g/mol. The summed E-state index contributed by atoms with van der Waals surface area (Å²) in [5, 5.41) is 1.30. The van der Waals surface area contributed by atoms with Crippen LogP contribution in [0.4, 0.5) is 0 Å². The largest absolute Gasteiger partial charge is 0.450 e. The second kappa shape index (κ2) is 5.02. The van der Waals surface area contributed by atoms with E-state index in [-0.39, 0.29) is 11.7 Å². The van der Waals surface area contributed by atoms with E-state index in [4.69, 9.17) is 25.2 Å². The third-order valence-electron chi connectivity index (χ3n) is 4.06. The molecule has 6 heteroatoms. The molecule has 0 amide bonds. The highest BCUT2D eigenvalue weighted by Gasteiger charge is 2.23. The molecule has 0 unspecified atom stereocenters. The molecule has 4 rings (SSSR count). The lowest BCUT2D eigenvalue weighted by molar-refractivity contribution is 0.251. The van der Waals surface area contributed by atoms with E-state index in [0.29, 0.717) is 28.3 Å². The van der Waals surface area contributed by atoms with Gasteiger partial charge in [0.05, 0.1) is 11.6 Å². The van der Waals surface area contributed by atoms with Crippen molar-refractivity contribution in [3.05, 3.63) is 32.6 Å². The van der Waals surface area contributed by atoms with Gasteiger partial charge in [0.15, 0.2) is 16.7 Å². The Labute approximate surface area is 130 Å². The van der Waals surface area contributed by atoms with Crippen LogP contribution in [-0.2, 0) is 12.8 Å². The molecule has 0 atom stereocenters. The van der Waals surface area contributed by atoms with E-state index in [1.54, 1.807) is 6.07 Å². The lowest BCUT2D eigenvalue weighted by Gasteiger charge is -2.16. The van der Waals surface area contributed by atoms with Gasteiger partial charge in [0.1, 0.15) is 0 Å². The van der Waals surface area contributed by atoms with Crippen LogP contribution in [0.15, 0.2) is 19.7 Å². The van der Waals surface area contributed by atoms with E-state index in [1.807, 2.05) is 6.92 Å². The van der Waals surface area contributed by atoms with Crippen LogP contribution < -0.4 is 10.4 Å². The van der Waals surface area contributed by atoms with E-state index in [1.165, 1.54) is 0 Å². The SMILES string of the molecule is CCOc1nc2c(o1)c(Cl)cc1c3c(c(=O)oc12)CCCC3. The molecule has 114 valence electrons. The zero-order valence-corrected chi connectivity index (χ0v) is 12.8. The van der Waals surface area contributed by atoms with E-state index in [9.17, 15) is 4.79 Å². The Morgan fingerprint density at radius 2 is 2.00 bits per heavy atom. The maximum atomic E-state index is 12.2. The fraction of sp³-hybridized carbons (Fsp3) is 0.375. The molecule has 0 N–H and O–H groups in total. The summed E-state index contributed by atoms with van der Waals surface area (Å²) in [7, 11) is 0. The number of hydrogen-bond acceptors (Lipinski definition) is 5. The molecule has 0 fully saturated rings. The molecule has 3 aromatic rings. The van der Waals surface area contributed by atoms with Crippen molar-refractivity contribution in [2.45, 2.75) is 32.6 Å². The van der Waals surface area contributed by atoms with Gasteiger partial charge in [-0.2, -0.15) is 4.98 Å². The lowest BCUT2D eigenvalue weighted by Crippen LogP contribution is -2.15. The minimum atomic E-state index is -0.285. The molecular formula is C16H14ClNO4. The summed E-state index contributed by atoms with van der Waals surface area (Å²) in [6.45, 7) is 2.27. The summed E-state index contributed by atoms with van der Waals surface area (Å²) in [4.78, 5) is 16.5. The normalized spacial score (nSPS) is 14.5. The quantitative estimate of drug-likeness (QED) is 0.671. The molecule has 1 aliphatic carbocycles. The summed E-state index contributed by atoms with van der Waals surface area (Å²) in [6.07, 6.45) is 3.82. The van der Waals surface area contributed by atoms with Gasteiger partial charge in [0.25, 0.3) is 0 Å². The minimum absolute atomic E-state index is 0.132. The highest BCUT2D eigenvalue weighted by atomic mass is 35.5. The first-order valence-electron chi connectivity index (χ1n) is 7.39. The van der Waals surface area contributed by atoms with Gasteiger partial charge in [-0.3, -0.25) is 0 Å². The molecule has 1 aliphatic rings. The number of aromatic nitrogens is 1. The lowest BCUT2D eigenvalue weighted by atomic mass is 9.90. The third-order valence-corrected chi connectivity index (χ3v) is 4.34. The van der Waals surface area contributed by atoms with E-state index < -0.39 is 0 Å². The van der Waals surface area contributed by atoms with Crippen molar-refractivity contribution in [1.82, 2.24) is 4.98 Å². The first-order chi connectivity index (χ1) is 10.7. The molecule has 0 bridgehead atoms. The molecule has 2 heterocycles. The number of oxazole rings is 1. The number of fused-ring (bicyclic) bond motifs is 5.